The molecule has 5 nitrogen and oxygen atoms in total. The Bertz CT molecular complexity index is 799. The molecule has 0 fully saturated rings. The summed E-state index contributed by atoms with van der Waals surface area (Å²) in [6.45, 7) is 5.04. The number of anilines is 1. The van der Waals surface area contributed by atoms with E-state index in [-0.39, 0.29) is 5.69 Å². The van der Waals surface area contributed by atoms with Crippen molar-refractivity contribution in [1.82, 2.24) is 0 Å². The number of nitrogens with one attached hydrogen (secondary N) is 1. The van der Waals surface area contributed by atoms with E-state index in [1.54, 1.807) is 13.0 Å². The van der Waals surface area contributed by atoms with Gasteiger partial charge in [0.1, 0.15) is 5.75 Å². The number of amides is 1. The number of hydrogen-bond donors (Lipinski definition) is 1. The van der Waals surface area contributed by atoms with Crippen molar-refractivity contribution in [2.24, 2.45) is 0 Å². The first-order valence-corrected chi connectivity index (χ1v) is 8.31. The highest BCUT2D eigenvalue weighted by molar-refractivity contribution is 7.12. The molecule has 0 bridgehead atoms. The van der Waals surface area contributed by atoms with E-state index < -0.39 is 30.1 Å². The Kier molecular flexibility index (Phi) is 5.91. The monoisotopic (exact) mass is 387 g/mol. The quantitative estimate of drug-likeness (QED) is 0.770. The molecule has 1 amide bonds. The van der Waals surface area contributed by atoms with E-state index >= 15 is 0 Å². The van der Waals surface area contributed by atoms with E-state index in [2.05, 4.69) is 10.1 Å². The molecule has 1 aromatic carbocycles. The molecule has 0 saturated carbocycles. The number of carbonyl (C=O) groups is 2. The molecule has 0 saturated heterocycles. The fourth-order valence-electron chi connectivity index (χ4n) is 2.09. The maximum Gasteiger partial charge on any atom is 0.573 e. The minimum atomic E-state index is -4.79. The van der Waals surface area contributed by atoms with Crippen molar-refractivity contribution < 1.29 is 32.2 Å². The Morgan fingerprint density at radius 1 is 1.15 bits per heavy atom. The Hall–Kier alpha value is -2.55. The van der Waals surface area contributed by atoms with E-state index in [0.29, 0.717) is 5.56 Å². The molecular formula is C17H16F3NO4S. The van der Waals surface area contributed by atoms with Crippen LogP contribution in [0.4, 0.5) is 18.9 Å². The third-order valence-corrected chi connectivity index (χ3v) is 4.24. The molecule has 0 aliphatic heterocycles. The van der Waals surface area contributed by atoms with Crippen molar-refractivity contribution in [3.63, 3.8) is 0 Å². The second kappa shape index (κ2) is 7.77. The van der Waals surface area contributed by atoms with Crippen LogP contribution in [0.5, 0.6) is 5.75 Å². The van der Waals surface area contributed by atoms with E-state index in [1.165, 1.54) is 30.4 Å². The molecule has 1 heterocycles. The lowest BCUT2D eigenvalue weighted by molar-refractivity contribution is -0.274. The Labute approximate surface area is 151 Å². The fraction of sp³-hybridized carbons (Fsp3) is 0.294. The Morgan fingerprint density at radius 3 is 2.27 bits per heavy atom. The van der Waals surface area contributed by atoms with Gasteiger partial charge in [0.2, 0.25) is 0 Å². The largest absolute Gasteiger partial charge is 0.573 e. The van der Waals surface area contributed by atoms with Crippen molar-refractivity contribution in [3.05, 3.63) is 45.6 Å². The number of halogens is 3. The maximum atomic E-state index is 12.1. The Balaban J connectivity index is 1.94. The smallest absolute Gasteiger partial charge is 0.449 e. The summed E-state index contributed by atoms with van der Waals surface area (Å²) in [5, 5.41) is 2.46. The van der Waals surface area contributed by atoms with Gasteiger partial charge in [0.15, 0.2) is 6.10 Å². The average molecular weight is 387 g/mol. The van der Waals surface area contributed by atoms with Crippen LogP contribution in [0.2, 0.25) is 0 Å². The van der Waals surface area contributed by atoms with E-state index in [4.69, 9.17) is 4.74 Å². The second-order valence-electron chi connectivity index (χ2n) is 5.44. The number of aryl methyl sites for hydroxylation is 2. The van der Waals surface area contributed by atoms with E-state index in [0.717, 1.165) is 21.9 Å². The second-order valence-corrected chi connectivity index (χ2v) is 6.90. The van der Waals surface area contributed by atoms with Gasteiger partial charge in [0.25, 0.3) is 5.91 Å². The summed E-state index contributed by atoms with van der Waals surface area (Å²) in [4.78, 5) is 25.9. The zero-order chi connectivity index (χ0) is 19.5. The maximum absolute atomic E-state index is 12.1. The molecule has 1 N–H and O–H groups in total. The van der Waals surface area contributed by atoms with Crippen LogP contribution < -0.4 is 10.1 Å². The molecule has 0 spiro atoms. The molecule has 0 aliphatic carbocycles. The van der Waals surface area contributed by atoms with Crippen LogP contribution in [0.25, 0.3) is 0 Å². The molecule has 2 aromatic rings. The minimum absolute atomic E-state index is 0.245. The van der Waals surface area contributed by atoms with Gasteiger partial charge in [0, 0.05) is 15.4 Å². The van der Waals surface area contributed by atoms with Crippen molar-refractivity contribution in [1.29, 1.82) is 0 Å². The normalized spacial score (nSPS) is 12.4. The molecule has 0 radical (unpaired) electrons. The van der Waals surface area contributed by atoms with Gasteiger partial charge >= 0.3 is 12.3 Å². The van der Waals surface area contributed by atoms with Crippen molar-refractivity contribution in [2.75, 3.05) is 5.32 Å². The van der Waals surface area contributed by atoms with Gasteiger partial charge in [-0.15, -0.1) is 24.5 Å². The summed E-state index contributed by atoms with van der Waals surface area (Å²) in [7, 11) is 0. The lowest BCUT2D eigenvalue weighted by Gasteiger charge is -2.14. The number of hydrogen-bond acceptors (Lipinski definition) is 5. The van der Waals surface area contributed by atoms with Crippen LogP contribution in [0, 0.1) is 13.8 Å². The van der Waals surface area contributed by atoms with Crippen LogP contribution in [-0.2, 0) is 9.53 Å². The standard InChI is InChI=1S/C17H16F3NO4S/c1-9-8-14(11(3)26-9)16(23)24-10(2)15(22)21-12-4-6-13(7-5-12)25-17(18,19)20/h4-8,10H,1-3H3,(H,21,22)/t10-/m1/s1. The predicted molar refractivity (Wildman–Crippen MR) is 90.4 cm³/mol. The van der Waals surface area contributed by atoms with Crippen LogP contribution in [0.15, 0.2) is 30.3 Å². The van der Waals surface area contributed by atoms with Crippen molar-refractivity contribution in [2.45, 2.75) is 33.2 Å². The molecular weight excluding hydrogens is 371 g/mol. The minimum Gasteiger partial charge on any atom is -0.449 e. The zero-order valence-corrected chi connectivity index (χ0v) is 15.0. The van der Waals surface area contributed by atoms with Gasteiger partial charge < -0.3 is 14.8 Å². The number of benzene rings is 1. The third kappa shape index (κ3) is 5.48. The topological polar surface area (TPSA) is 64.6 Å². The number of carbonyl (C=O) groups excluding carboxylic acids is 2. The molecule has 0 aliphatic rings. The summed E-state index contributed by atoms with van der Waals surface area (Å²) in [5.74, 6) is -1.62. The van der Waals surface area contributed by atoms with Gasteiger partial charge in [0.05, 0.1) is 5.56 Å². The number of alkyl halides is 3. The van der Waals surface area contributed by atoms with Crippen LogP contribution in [0.1, 0.15) is 27.0 Å². The number of rotatable bonds is 5. The highest BCUT2D eigenvalue weighted by atomic mass is 32.1. The van der Waals surface area contributed by atoms with E-state index in [9.17, 15) is 22.8 Å². The fourth-order valence-corrected chi connectivity index (χ4v) is 3.01. The molecule has 1 atom stereocenters. The van der Waals surface area contributed by atoms with Crippen molar-refractivity contribution in [3.8, 4) is 5.75 Å². The van der Waals surface area contributed by atoms with Gasteiger partial charge in [-0.1, -0.05) is 0 Å². The van der Waals surface area contributed by atoms with E-state index in [1.807, 2.05) is 6.92 Å². The number of esters is 1. The average Bonchev–Trinajstić information content (AvgIpc) is 2.86. The first kappa shape index (κ1) is 19.8. The highest BCUT2D eigenvalue weighted by Crippen LogP contribution is 2.24. The third-order valence-electron chi connectivity index (χ3n) is 3.27. The first-order chi connectivity index (χ1) is 12.0. The predicted octanol–water partition coefficient (Wildman–Crippen LogP) is 4.45. The summed E-state index contributed by atoms with van der Waals surface area (Å²) >= 11 is 1.45. The number of ether oxygens (including phenoxy) is 2. The van der Waals surface area contributed by atoms with Crippen LogP contribution >= 0.6 is 11.3 Å². The first-order valence-electron chi connectivity index (χ1n) is 7.50. The lowest BCUT2D eigenvalue weighted by atomic mass is 10.2. The molecule has 1 aromatic heterocycles. The number of thiophene rings is 1. The molecule has 9 heteroatoms. The van der Waals surface area contributed by atoms with Crippen molar-refractivity contribution >= 4 is 28.9 Å². The zero-order valence-electron chi connectivity index (χ0n) is 14.1. The molecule has 0 unspecified atom stereocenters. The van der Waals surface area contributed by atoms with Gasteiger partial charge in [-0.05, 0) is 51.1 Å². The summed E-state index contributed by atoms with van der Waals surface area (Å²) < 4.78 is 45.2. The summed E-state index contributed by atoms with van der Waals surface area (Å²) in [6.07, 6.45) is -5.86. The molecule has 26 heavy (non-hydrogen) atoms. The van der Waals surface area contributed by atoms with Crippen LogP contribution in [0.3, 0.4) is 0 Å². The highest BCUT2D eigenvalue weighted by Gasteiger charge is 2.31. The van der Waals surface area contributed by atoms with Gasteiger partial charge in [-0.2, -0.15) is 0 Å². The summed E-state index contributed by atoms with van der Waals surface area (Å²) in [5.41, 5.74) is 0.649. The molecule has 140 valence electrons. The SMILES string of the molecule is Cc1cc(C(=O)O[C@H](C)C(=O)Nc2ccc(OC(F)(F)F)cc2)c(C)s1. The van der Waals surface area contributed by atoms with Gasteiger partial charge in [-0.3, -0.25) is 4.79 Å². The summed E-state index contributed by atoms with van der Waals surface area (Å²) in [6, 6.07) is 6.32. The van der Waals surface area contributed by atoms with Crippen LogP contribution in [-0.4, -0.2) is 24.3 Å². The lowest BCUT2D eigenvalue weighted by Crippen LogP contribution is -2.30. The van der Waals surface area contributed by atoms with Gasteiger partial charge in [-0.25, -0.2) is 4.79 Å². The molecule has 2 rings (SSSR count). The Morgan fingerprint density at radius 2 is 1.77 bits per heavy atom.